The first-order chi connectivity index (χ1) is 9.81. The first kappa shape index (κ1) is 11.8. The molecule has 2 heterocycles. The number of fused-ring (bicyclic) bond motifs is 2. The molecule has 0 bridgehead atoms. The van der Waals surface area contributed by atoms with Crippen molar-refractivity contribution in [2.75, 3.05) is 13.2 Å². The highest BCUT2D eigenvalue weighted by Crippen LogP contribution is 2.39. The minimum Gasteiger partial charge on any atom is -0.486 e. The van der Waals surface area contributed by atoms with E-state index in [1.54, 1.807) is 0 Å². The Morgan fingerprint density at radius 1 is 1.10 bits per heavy atom. The van der Waals surface area contributed by atoms with Gasteiger partial charge in [-0.1, -0.05) is 22.0 Å². The quantitative estimate of drug-likeness (QED) is 0.738. The molecule has 0 spiro atoms. The summed E-state index contributed by atoms with van der Waals surface area (Å²) in [6, 6.07) is 11.8. The zero-order chi connectivity index (χ0) is 13.5. The van der Waals surface area contributed by atoms with Gasteiger partial charge in [-0.15, -0.1) is 0 Å². The largest absolute Gasteiger partial charge is 0.486 e. The molecule has 0 unspecified atom stereocenters. The number of hydrogen-bond acceptors (Lipinski definition) is 3. The van der Waals surface area contributed by atoms with Gasteiger partial charge < -0.3 is 14.5 Å². The van der Waals surface area contributed by atoms with Crippen LogP contribution in [0.4, 0.5) is 0 Å². The Kier molecular flexibility index (Phi) is 2.67. The minimum absolute atomic E-state index is 0.565. The van der Waals surface area contributed by atoms with Crippen molar-refractivity contribution in [1.82, 2.24) is 9.97 Å². The molecular weight excluding hydrogens is 320 g/mol. The average molecular weight is 331 g/mol. The van der Waals surface area contributed by atoms with Crippen molar-refractivity contribution in [3.63, 3.8) is 0 Å². The topological polar surface area (TPSA) is 47.1 Å². The maximum absolute atomic E-state index is 5.73. The third-order valence-corrected chi connectivity index (χ3v) is 3.76. The van der Waals surface area contributed by atoms with Crippen LogP contribution in [0.3, 0.4) is 0 Å². The maximum atomic E-state index is 5.73. The second-order valence-corrected chi connectivity index (χ2v) is 5.49. The van der Waals surface area contributed by atoms with Crippen molar-refractivity contribution in [3.05, 3.63) is 40.9 Å². The van der Waals surface area contributed by atoms with Crippen LogP contribution in [0.15, 0.2) is 40.9 Å². The van der Waals surface area contributed by atoms with Gasteiger partial charge in [0.2, 0.25) is 0 Å². The normalized spacial score (nSPS) is 13.7. The van der Waals surface area contributed by atoms with Crippen LogP contribution in [0.25, 0.3) is 22.4 Å². The van der Waals surface area contributed by atoms with Gasteiger partial charge in [-0.25, -0.2) is 4.98 Å². The SMILES string of the molecule is Brc1ccc2nc(-c3cccc4c3OCCO4)[nH]c2c1. The van der Waals surface area contributed by atoms with E-state index in [1.807, 2.05) is 36.4 Å². The lowest BCUT2D eigenvalue weighted by atomic mass is 10.1. The summed E-state index contributed by atoms with van der Waals surface area (Å²) < 4.78 is 12.4. The van der Waals surface area contributed by atoms with Crippen molar-refractivity contribution < 1.29 is 9.47 Å². The third-order valence-electron chi connectivity index (χ3n) is 3.27. The molecule has 1 aromatic heterocycles. The first-order valence-electron chi connectivity index (χ1n) is 6.35. The molecule has 0 atom stereocenters. The molecule has 1 aliphatic rings. The van der Waals surface area contributed by atoms with Crippen LogP contribution in [0.5, 0.6) is 11.5 Å². The molecule has 4 nitrogen and oxygen atoms in total. The van der Waals surface area contributed by atoms with Gasteiger partial charge in [0, 0.05) is 4.47 Å². The van der Waals surface area contributed by atoms with Gasteiger partial charge in [-0.2, -0.15) is 0 Å². The van der Waals surface area contributed by atoms with E-state index in [4.69, 9.17) is 9.47 Å². The molecule has 2 aromatic carbocycles. The van der Waals surface area contributed by atoms with Crippen LogP contribution in [0, 0.1) is 0 Å². The fourth-order valence-corrected chi connectivity index (χ4v) is 2.73. The predicted molar refractivity (Wildman–Crippen MR) is 80.2 cm³/mol. The molecule has 0 saturated carbocycles. The summed E-state index contributed by atoms with van der Waals surface area (Å²) in [5.41, 5.74) is 2.84. The van der Waals surface area contributed by atoms with Crippen molar-refractivity contribution in [2.24, 2.45) is 0 Å². The summed E-state index contributed by atoms with van der Waals surface area (Å²) in [6.45, 7) is 1.15. The van der Waals surface area contributed by atoms with Crippen molar-refractivity contribution >= 4 is 27.0 Å². The van der Waals surface area contributed by atoms with E-state index >= 15 is 0 Å². The van der Waals surface area contributed by atoms with Gasteiger partial charge in [0.15, 0.2) is 11.5 Å². The fraction of sp³-hybridized carbons (Fsp3) is 0.133. The van der Waals surface area contributed by atoms with E-state index in [0.717, 1.165) is 38.4 Å². The lowest BCUT2D eigenvalue weighted by molar-refractivity contribution is 0.172. The molecule has 20 heavy (non-hydrogen) atoms. The number of halogens is 1. The minimum atomic E-state index is 0.565. The molecule has 3 aromatic rings. The highest BCUT2D eigenvalue weighted by Gasteiger charge is 2.18. The summed E-state index contributed by atoms with van der Waals surface area (Å²) in [4.78, 5) is 7.95. The number of imidazole rings is 1. The fourth-order valence-electron chi connectivity index (χ4n) is 2.37. The molecule has 0 saturated heterocycles. The lowest BCUT2D eigenvalue weighted by Gasteiger charge is -2.20. The van der Waals surface area contributed by atoms with Gasteiger partial charge in [-0.05, 0) is 30.3 Å². The number of ether oxygens (including phenoxy) is 2. The molecule has 0 aliphatic carbocycles. The van der Waals surface area contributed by atoms with Crippen molar-refractivity contribution in [2.45, 2.75) is 0 Å². The summed E-state index contributed by atoms with van der Waals surface area (Å²) >= 11 is 3.47. The summed E-state index contributed by atoms with van der Waals surface area (Å²) in [5, 5.41) is 0. The number of para-hydroxylation sites is 1. The first-order valence-corrected chi connectivity index (χ1v) is 7.15. The van der Waals surface area contributed by atoms with Gasteiger partial charge in [0.05, 0.1) is 16.6 Å². The van der Waals surface area contributed by atoms with E-state index in [0.29, 0.717) is 13.2 Å². The zero-order valence-corrected chi connectivity index (χ0v) is 12.1. The Morgan fingerprint density at radius 3 is 2.95 bits per heavy atom. The number of aromatic amines is 1. The van der Waals surface area contributed by atoms with E-state index < -0.39 is 0 Å². The molecule has 1 N–H and O–H groups in total. The third kappa shape index (κ3) is 1.86. The van der Waals surface area contributed by atoms with Gasteiger partial charge >= 0.3 is 0 Å². The Labute approximate surface area is 123 Å². The summed E-state index contributed by atoms with van der Waals surface area (Å²) in [5.74, 6) is 2.33. The number of aromatic nitrogens is 2. The van der Waals surface area contributed by atoms with E-state index in [1.165, 1.54) is 0 Å². The molecule has 1 aliphatic heterocycles. The van der Waals surface area contributed by atoms with Crippen LogP contribution in [0.1, 0.15) is 0 Å². The number of nitrogens with zero attached hydrogens (tertiary/aromatic N) is 1. The van der Waals surface area contributed by atoms with Crippen LogP contribution in [0.2, 0.25) is 0 Å². The van der Waals surface area contributed by atoms with Crippen molar-refractivity contribution in [3.8, 4) is 22.9 Å². The molecular formula is C15H11BrN2O2. The smallest absolute Gasteiger partial charge is 0.172 e. The lowest BCUT2D eigenvalue weighted by Crippen LogP contribution is -2.15. The maximum Gasteiger partial charge on any atom is 0.172 e. The highest BCUT2D eigenvalue weighted by molar-refractivity contribution is 9.10. The summed E-state index contributed by atoms with van der Waals surface area (Å²) in [7, 11) is 0. The Hall–Kier alpha value is -2.01. The molecule has 100 valence electrons. The number of H-pyrrole nitrogens is 1. The van der Waals surface area contributed by atoms with E-state index in [2.05, 4.69) is 25.9 Å². The molecule has 5 heteroatoms. The van der Waals surface area contributed by atoms with Crippen LogP contribution >= 0.6 is 15.9 Å². The number of rotatable bonds is 1. The van der Waals surface area contributed by atoms with Crippen LogP contribution < -0.4 is 9.47 Å². The van der Waals surface area contributed by atoms with Crippen LogP contribution in [-0.2, 0) is 0 Å². The molecule has 0 fully saturated rings. The van der Waals surface area contributed by atoms with E-state index in [9.17, 15) is 0 Å². The zero-order valence-electron chi connectivity index (χ0n) is 10.5. The predicted octanol–water partition coefficient (Wildman–Crippen LogP) is 3.76. The van der Waals surface area contributed by atoms with E-state index in [-0.39, 0.29) is 0 Å². The Balaban J connectivity index is 1.90. The van der Waals surface area contributed by atoms with Crippen molar-refractivity contribution in [1.29, 1.82) is 0 Å². The summed E-state index contributed by atoms with van der Waals surface area (Å²) in [6.07, 6.45) is 0. The monoisotopic (exact) mass is 330 g/mol. The average Bonchev–Trinajstić information content (AvgIpc) is 2.89. The number of benzene rings is 2. The standard InChI is InChI=1S/C15H11BrN2O2/c16-9-4-5-11-12(8-9)18-15(17-11)10-2-1-3-13-14(10)20-7-6-19-13/h1-5,8H,6-7H2,(H,17,18). The second-order valence-electron chi connectivity index (χ2n) is 4.58. The van der Waals surface area contributed by atoms with Gasteiger partial charge in [0.1, 0.15) is 19.0 Å². The van der Waals surface area contributed by atoms with Gasteiger partial charge in [-0.3, -0.25) is 0 Å². The Bertz CT molecular complexity index is 798. The van der Waals surface area contributed by atoms with Gasteiger partial charge in [0.25, 0.3) is 0 Å². The number of nitrogens with one attached hydrogen (secondary N) is 1. The molecule has 4 rings (SSSR count). The highest BCUT2D eigenvalue weighted by atomic mass is 79.9. The second kappa shape index (κ2) is 4.52. The molecule has 0 radical (unpaired) electrons. The Morgan fingerprint density at radius 2 is 2.00 bits per heavy atom. The molecule has 0 amide bonds. The van der Waals surface area contributed by atoms with Crippen LogP contribution in [-0.4, -0.2) is 23.2 Å². The number of hydrogen-bond donors (Lipinski definition) is 1.